The summed E-state index contributed by atoms with van der Waals surface area (Å²) in [4.78, 5) is 0.178. The highest BCUT2D eigenvalue weighted by atomic mass is 35.5. The van der Waals surface area contributed by atoms with Gasteiger partial charge in [-0.15, -0.1) is 0 Å². The Morgan fingerprint density at radius 1 is 0.897 bits per heavy atom. The second-order valence-electron chi connectivity index (χ2n) is 7.49. The normalized spacial score (nSPS) is 20.5. The minimum Gasteiger partial charge on any atom is -0.207 e. The lowest BCUT2D eigenvalue weighted by Gasteiger charge is -2.25. The van der Waals surface area contributed by atoms with Crippen molar-refractivity contribution in [2.45, 2.75) is 47.9 Å². The molecule has 0 spiro atoms. The van der Waals surface area contributed by atoms with Crippen LogP contribution in [0.1, 0.15) is 42.9 Å². The van der Waals surface area contributed by atoms with E-state index in [1.807, 2.05) is 12.1 Å². The van der Waals surface area contributed by atoms with Crippen LogP contribution in [0.4, 0.5) is 0 Å². The molecule has 1 unspecified atom stereocenters. The third kappa shape index (κ3) is 4.22. The highest BCUT2D eigenvalue weighted by Gasteiger charge is 2.29. The van der Waals surface area contributed by atoms with Crippen molar-refractivity contribution >= 4 is 31.6 Å². The van der Waals surface area contributed by atoms with Gasteiger partial charge in [-0.2, -0.15) is 4.31 Å². The van der Waals surface area contributed by atoms with Gasteiger partial charge in [0.1, 0.15) is 0 Å². The Hall–Kier alpha value is -1.45. The largest absolute Gasteiger partial charge is 0.243 e. The van der Waals surface area contributed by atoms with Crippen LogP contribution in [0, 0.1) is 0 Å². The van der Waals surface area contributed by atoms with Gasteiger partial charge in [-0.1, -0.05) is 24.1 Å². The molecule has 4 rings (SSSR count). The number of nitrogens with zero attached hydrogens (tertiary/aromatic N) is 1. The Morgan fingerprint density at radius 3 is 2.24 bits per heavy atom. The molecule has 29 heavy (non-hydrogen) atoms. The van der Waals surface area contributed by atoms with E-state index in [4.69, 9.17) is 11.6 Å². The van der Waals surface area contributed by atoms with Gasteiger partial charge in [-0.3, -0.25) is 0 Å². The number of sulfonamides is 2. The number of hydrogen-bond acceptors (Lipinski definition) is 4. The molecule has 0 amide bonds. The fraction of sp³-hybridized carbons (Fsp3) is 0.400. The predicted molar refractivity (Wildman–Crippen MR) is 112 cm³/mol. The van der Waals surface area contributed by atoms with Gasteiger partial charge < -0.3 is 0 Å². The first-order chi connectivity index (χ1) is 13.8. The lowest BCUT2D eigenvalue weighted by atomic mass is 10.1. The molecule has 2 aromatic carbocycles. The third-order valence-corrected chi connectivity index (χ3v) is 9.20. The van der Waals surface area contributed by atoms with Gasteiger partial charge in [0.05, 0.1) is 9.79 Å². The first-order valence-corrected chi connectivity index (χ1v) is 13.0. The molecule has 156 valence electrons. The number of aryl methyl sites for hydroxylation is 1. The van der Waals surface area contributed by atoms with E-state index >= 15 is 0 Å². The fourth-order valence-corrected chi connectivity index (χ4v) is 6.97. The summed E-state index contributed by atoms with van der Waals surface area (Å²) in [5, 5.41) is 0.637. The second-order valence-corrected chi connectivity index (χ2v) is 11.6. The van der Waals surface area contributed by atoms with Crippen LogP contribution in [0.5, 0.6) is 0 Å². The standard InChI is InChI=1S/C20H23ClN2O4S2/c21-16-5-10-19-15(14-16)4-11-20(19)22-28(24,25)17-6-8-18(9-7-17)29(26,27)23-12-2-1-3-13-23/h5-10,14,20,22H,1-4,11-13H2. The van der Waals surface area contributed by atoms with Crippen molar-refractivity contribution in [1.29, 1.82) is 0 Å². The van der Waals surface area contributed by atoms with Crippen molar-refractivity contribution in [1.82, 2.24) is 9.03 Å². The molecular weight excluding hydrogens is 432 g/mol. The summed E-state index contributed by atoms with van der Waals surface area (Å²) >= 11 is 6.02. The number of halogens is 1. The zero-order valence-electron chi connectivity index (χ0n) is 15.8. The van der Waals surface area contributed by atoms with Gasteiger partial charge in [0.25, 0.3) is 0 Å². The van der Waals surface area contributed by atoms with Gasteiger partial charge in [0.15, 0.2) is 0 Å². The van der Waals surface area contributed by atoms with Crippen LogP contribution >= 0.6 is 11.6 Å². The molecule has 1 saturated heterocycles. The van der Waals surface area contributed by atoms with Gasteiger partial charge in [0.2, 0.25) is 20.0 Å². The molecule has 1 N–H and O–H groups in total. The van der Waals surface area contributed by atoms with Crippen LogP contribution in [-0.4, -0.2) is 34.2 Å². The molecule has 9 heteroatoms. The summed E-state index contributed by atoms with van der Waals surface area (Å²) in [5.74, 6) is 0. The minimum absolute atomic E-state index is 0.0532. The maximum absolute atomic E-state index is 12.8. The Bertz CT molecular complexity index is 1110. The molecule has 1 aliphatic heterocycles. The third-order valence-electron chi connectivity index (χ3n) is 5.57. The molecule has 0 aromatic heterocycles. The van der Waals surface area contributed by atoms with E-state index in [0.29, 0.717) is 24.5 Å². The lowest BCUT2D eigenvalue weighted by Crippen LogP contribution is -2.35. The summed E-state index contributed by atoms with van der Waals surface area (Å²) in [6.07, 6.45) is 4.16. The maximum atomic E-state index is 12.8. The Labute approximate surface area is 177 Å². The first-order valence-electron chi connectivity index (χ1n) is 9.68. The van der Waals surface area contributed by atoms with Gasteiger partial charge in [-0.25, -0.2) is 21.6 Å². The number of fused-ring (bicyclic) bond motifs is 1. The van der Waals surface area contributed by atoms with E-state index in [1.54, 1.807) is 6.07 Å². The Balaban J connectivity index is 1.53. The summed E-state index contributed by atoms with van der Waals surface area (Å²) in [7, 11) is -7.36. The van der Waals surface area contributed by atoms with E-state index in [1.165, 1.54) is 28.6 Å². The van der Waals surface area contributed by atoms with Crippen LogP contribution in [0.2, 0.25) is 5.02 Å². The summed E-state index contributed by atoms with van der Waals surface area (Å²) in [5.41, 5.74) is 1.98. The lowest BCUT2D eigenvalue weighted by molar-refractivity contribution is 0.346. The maximum Gasteiger partial charge on any atom is 0.243 e. The van der Waals surface area contributed by atoms with E-state index in [2.05, 4.69) is 4.72 Å². The van der Waals surface area contributed by atoms with Crippen LogP contribution < -0.4 is 4.72 Å². The quantitative estimate of drug-likeness (QED) is 0.749. The van der Waals surface area contributed by atoms with Crippen LogP contribution in [0.3, 0.4) is 0 Å². The van der Waals surface area contributed by atoms with E-state index in [0.717, 1.165) is 36.8 Å². The van der Waals surface area contributed by atoms with E-state index < -0.39 is 20.0 Å². The summed E-state index contributed by atoms with van der Waals surface area (Å²) < 4.78 is 55.4. The van der Waals surface area contributed by atoms with Crippen LogP contribution in [0.15, 0.2) is 52.3 Å². The molecule has 0 radical (unpaired) electrons. The number of piperidine rings is 1. The zero-order chi connectivity index (χ0) is 20.6. The second kappa shape index (κ2) is 8.00. The van der Waals surface area contributed by atoms with Crippen LogP contribution in [0.25, 0.3) is 0 Å². The Morgan fingerprint density at radius 2 is 1.55 bits per heavy atom. The van der Waals surface area contributed by atoms with Crippen LogP contribution in [-0.2, 0) is 26.5 Å². The molecule has 2 aromatic rings. The highest BCUT2D eigenvalue weighted by molar-refractivity contribution is 7.89. The van der Waals surface area contributed by atoms with Gasteiger partial charge in [0, 0.05) is 24.2 Å². The number of benzene rings is 2. The average Bonchev–Trinajstić information content (AvgIpc) is 3.10. The molecule has 1 fully saturated rings. The van der Waals surface area contributed by atoms with Crippen molar-refractivity contribution in [2.75, 3.05) is 13.1 Å². The molecule has 0 bridgehead atoms. The molecular formula is C20H23ClN2O4S2. The SMILES string of the molecule is O=S(=O)(NC1CCc2cc(Cl)ccc21)c1ccc(S(=O)(=O)N2CCCCC2)cc1. The van der Waals surface area contributed by atoms with Gasteiger partial charge in [-0.05, 0) is 73.2 Å². The minimum atomic E-state index is -3.78. The van der Waals surface area contributed by atoms with Crippen molar-refractivity contribution in [3.8, 4) is 0 Å². The smallest absolute Gasteiger partial charge is 0.207 e. The summed E-state index contributed by atoms with van der Waals surface area (Å²) in [6.45, 7) is 1.02. The van der Waals surface area contributed by atoms with Crippen molar-refractivity contribution in [2.24, 2.45) is 0 Å². The molecule has 0 saturated carbocycles. The van der Waals surface area contributed by atoms with Crippen molar-refractivity contribution < 1.29 is 16.8 Å². The Kier molecular flexibility index (Phi) is 5.74. The van der Waals surface area contributed by atoms with Crippen molar-refractivity contribution in [3.63, 3.8) is 0 Å². The van der Waals surface area contributed by atoms with Crippen molar-refractivity contribution in [3.05, 3.63) is 58.6 Å². The van der Waals surface area contributed by atoms with E-state index in [9.17, 15) is 16.8 Å². The fourth-order valence-electron chi connectivity index (χ4n) is 4.01. The first kappa shape index (κ1) is 20.8. The highest BCUT2D eigenvalue weighted by Crippen LogP contribution is 2.34. The number of rotatable bonds is 5. The molecule has 1 atom stereocenters. The predicted octanol–water partition coefficient (Wildman–Crippen LogP) is 3.48. The number of nitrogens with one attached hydrogen (secondary N) is 1. The molecule has 6 nitrogen and oxygen atoms in total. The zero-order valence-corrected chi connectivity index (χ0v) is 18.2. The molecule has 1 heterocycles. The average molecular weight is 455 g/mol. The topological polar surface area (TPSA) is 83.5 Å². The molecule has 2 aliphatic rings. The number of hydrogen-bond donors (Lipinski definition) is 1. The molecule has 1 aliphatic carbocycles. The monoisotopic (exact) mass is 454 g/mol. The van der Waals surface area contributed by atoms with E-state index in [-0.39, 0.29) is 15.8 Å². The summed E-state index contributed by atoms with van der Waals surface area (Å²) in [6, 6.07) is 10.6. The van der Waals surface area contributed by atoms with Gasteiger partial charge >= 0.3 is 0 Å².